The van der Waals surface area contributed by atoms with Gasteiger partial charge in [0, 0.05) is 31.5 Å². The van der Waals surface area contributed by atoms with E-state index in [9.17, 15) is 4.79 Å². The minimum Gasteiger partial charge on any atom is -0.383 e. The van der Waals surface area contributed by atoms with Crippen LogP contribution in [0.15, 0.2) is 69.9 Å². The minimum atomic E-state index is -0.249. The summed E-state index contributed by atoms with van der Waals surface area (Å²) in [5.41, 5.74) is 8.81. The van der Waals surface area contributed by atoms with Crippen LogP contribution in [0.1, 0.15) is 24.3 Å². The second-order valence-corrected chi connectivity index (χ2v) is 8.78. The van der Waals surface area contributed by atoms with Crippen molar-refractivity contribution in [3.05, 3.63) is 70.5 Å². The van der Waals surface area contributed by atoms with E-state index in [0.717, 1.165) is 41.8 Å². The molecule has 0 bridgehead atoms. The number of benzene rings is 2. The molecule has 0 radical (unpaired) electrons. The summed E-state index contributed by atoms with van der Waals surface area (Å²) in [4.78, 5) is 21.1. The molecule has 2 atom stereocenters. The summed E-state index contributed by atoms with van der Waals surface area (Å²) in [7, 11) is 2.02. The van der Waals surface area contributed by atoms with Crippen molar-refractivity contribution >= 4 is 39.7 Å². The third-order valence-electron chi connectivity index (χ3n) is 5.68. The summed E-state index contributed by atoms with van der Waals surface area (Å²) in [6.07, 6.45) is 4.04. The monoisotopic (exact) mass is 482 g/mol. The maximum absolute atomic E-state index is 12.4. The second-order valence-electron chi connectivity index (χ2n) is 7.92. The predicted molar refractivity (Wildman–Crippen MR) is 129 cm³/mol. The Labute approximate surface area is 191 Å². The largest absolute Gasteiger partial charge is 0.383 e. The fraction of sp³-hybridized carbons (Fsp3) is 0.304. The number of halogens is 1. The number of nitrogens with one attached hydrogen (secondary N) is 2. The van der Waals surface area contributed by atoms with Gasteiger partial charge in [-0.25, -0.2) is 9.79 Å². The lowest BCUT2D eigenvalue weighted by molar-refractivity contribution is 0.106. The zero-order valence-electron chi connectivity index (χ0n) is 17.5. The SMILES string of the molecule is CN1C=NC(N)=C(Br)C1N1CCCC(c2cccc(NC(=O)Nc3ccccc3)c2)C1. The molecule has 0 aliphatic carbocycles. The molecule has 2 unspecified atom stereocenters. The number of aliphatic imine (C=N–C) groups is 1. The summed E-state index contributed by atoms with van der Waals surface area (Å²) in [6.45, 7) is 1.91. The van der Waals surface area contributed by atoms with Gasteiger partial charge < -0.3 is 21.3 Å². The van der Waals surface area contributed by atoms with E-state index in [1.807, 2.05) is 49.5 Å². The molecule has 8 heteroatoms. The van der Waals surface area contributed by atoms with E-state index in [2.05, 4.69) is 53.5 Å². The first kappa shape index (κ1) is 21.4. The number of anilines is 2. The number of piperidine rings is 1. The quantitative estimate of drug-likeness (QED) is 0.604. The van der Waals surface area contributed by atoms with Crippen molar-refractivity contribution in [3.8, 4) is 0 Å². The molecular formula is C23H27BrN6O. The molecule has 1 fully saturated rings. The number of hydrogen-bond donors (Lipinski definition) is 3. The van der Waals surface area contributed by atoms with Gasteiger partial charge in [-0.1, -0.05) is 30.3 Å². The summed E-state index contributed by atoms with van der Waals surface area (Å²) in [6, 6.07) is 17.3. The number of para-hydroxylation sites is 1. The number of urea groups is 1. The molecule has 0 aromatic heterocycles. The normalized spacial score (nSPS) is 21.8. The van der Waals surface area contributed by atoms with Crippen LogP contribution in [0.4, 0.5) is 16.2 Å². The number of nitrogens with two attached hydrogens (primary N) is 1. The van der Waals surface area contributed by atoms with Gasteiger partial charge in [-0.05, 0) is 64.5 Å². The number of rotatable bonds is 4. The van der Waals surface area contributed by atoms with Gasteiger partial charge in [0.1, 0.15) is 12.0 Å². The first-order valence-electron chi connectivity index (χ1n) is 10.4. The number of likely N-dealkylation sites (N-methyl/N-ethyl adjacent to an activating group) is 1. The molecule has 2 heterocycles. The number of carbonyl (C=O) groups excluding carboxylic acids is 1. The maximum Gasteiger partial charge on any atom is 0.323 e. The topological polar surface area (TPSA) is 86.0 Å². The lowest BCUT2D eigenvalue weighted by atomic mass is 9.90. The van der Waals surface area contributed by atoms with Crippen LogP contribution in [-0.2, 0) is 0 Å². The predicted octanol–water partition coefficient (Wildman–Crippen LogP) is 4.33. The number of carbonyl (C=O) groups is 1. The fourth-order valence-corrected chi connectivity index (χ4v) is 4.91. The van der Waals surface area contributed by atoms with Crippen molar-refractivity contribution in [2.24, 2.45) is 10.7 Å². The van der Waals surface area contributed by atoms with E-state index in [1.54, 1.807) is 6.34 Å². The van der Waals surface area contributed by atoms with Gasteiger partial charge in [-0.2, -0.15) is 0 Å². The molecule has 0 saturated carbocycles. The zero-order valence-corrected chi connectivity index (χ0v) is 19.0. The number of amides is 2. The van der Waals surface area contributed by atoms with Crippen LogP contribution >= 0.6 is 15.9 Å². The van der Waals surface area contributed by atoms with Crippen molar-refractivity contribution < 1.29 is 4.79 Å². The number of nitrogens with zero attached hydrogens (tertiary/aromatic N) is 3. The van der Waals surface area contributed by atoms with Gasteiger partial charge in [-0.15, -0.1) is 0 Å². The second kappa shape index (κ2) is 9.53. The summed E-state index contributed by atoms with van der Waals surface area (Å²) >= 11 is 3.64. The molecular weight excluding hydrogens is 456 g/mol. The zero-order chi connectivity index (χ0) is 21.8. The van der Waals surface area contributed by atoms with Crippen LogP contribution < -0.4 is 16.4 Å². The molecule has 2 aromatic carbocycles. The van der Waals surface area contributed by atoms with Crippen LogP contribution in [0, 0.1) is 0 Å². The van der Waals surface area contributed by atoms with Crippen LogP contribution in [0.5, 0.6) is 0 Å². The molecule has 4 rings (SSSR count). The van der Waals surface area contributed by atoms with Crippen molar-refractivity contribution in [1.29, 1.82) is 0 Å². The minimum absolute atomic E-state index is 0.0539. The van der Waals surface area contributed by atoms with E-state index in [0.29, 0.717) is 11.7 Å². The van der Waals surface area contributed by atoms with Crippen molar-refractivity contribution in [1.82, 2.24) is 9.80 Å². The highest BCUT2D eigenvalue weighted by Crippen LogP contribution is 2.33. The molecule has 1 saturated heterocycles. The first-order valence-corrected chi connectivity index (χ1v) is 11.2. The Bertz CT molecular complexity index is 993. The van der Waals surface area contributed by atoms with Gasteiger partial charge in [0.25, 0.3) is 0 Å². The Balaban J connectivity index is 1.44. The molecule has 7 nitrogen and oxygen atoms in total. The van der Waals surface area contributed by atoms with Crippen LogP contribution in [-0.4, -0.2) is 48.5 Å². The molecule has 2 amide bonds. The molecule has 162 valence electrons. The average Bonchev–Trinajstić information content (AvgIpc) is 2.78. The third kappa shape index (κ3) is 5.08. The lowest BCUT2D eigenvalue weighted by Gasteiger charge is -2.43. The standard InChI is InChI=1S/C23H27BrN6O/c1-29-15-26-21(25)20(24)22(29)30-12-6-8-17(14-30)16-7-5-11-19(13-16)28-23(31)27-18-9-3-2-4-10-18/h2-5,7,9-11,13,15,17,22H,6,8,12,14,25H2,1H3,(H2,27,28,31). The van der Waals surface area contributed by atoms with Crippen LogP contribution in [0.2, 0.25) is 0 Å². The molecule has 2 aromatic rings. The van der Waals surface area contributed by atoms with E-state index < -0.39 is 0 Å². The van der Waals surface area contributed by atoms with E-state index >= 15 is 0 Å². The van der Waals surface area contributed by atoms with E-state index in [1.165, 1.54) is 5.56 Å². The van der Waals surface area contributed by atoms with Crippen molar-refractivity contribution in [3.63, 3.8) is 0 Å². The molecule has 2 aliphatic heterocycles. The van der Waals surface area contributed by atoms with Crippen LogP contribution in [0.25, 0.3) is 0 Å². The highest BCUT2D eigenvalue weighted by molar-refractivity contribution is 9.11. The van der Waals surface area contributed by atoms with Crippen molar-refractivity contribution in [2.75, 3.05) is 30.8 Å². The summed E-state index contributed by atoms with van der Waals surface area (Å²) in [5.74, 6) is 0.905. The summed E-state index contributed by atoms with van der Waals surface area (Å²) in [5, 5.41) is 5.80. The van der Waals surface area contributed by atoms with Gasteiger partial charge in [0.15, 0.2) is 0 Å². The Morgan fingerprint density at radius 3 is 2.68 bits per heavy atom. The van der Waals surface area contributed by atoms with E-state index in [-0.39, 0.29) is 12.2 Å². The molecule has 4 N–H and O–H groups in total. The Morgan fingerprint density at radius 2 is 1.87 bits per heavy atom. The number of hydrogen-bond acceptors (Lipinski definition) is 5. The third-order valence-corrected chi connectivity index (χ3v) is 6.50. The van der Waals surface area contributed by atoms with Crippen LogP contribution in [0.3, 0.4) is 0 Å². The highest BCUT2D eigenvalue weighted by atomic mass is 79.9. The molecule has 2 aliphatic rings. The van der Waals surface area contributed by atoms with Gasteiger partial charge in [-0.3, -0.25) is 4.90 Å². The smallest absolute Gasteiger partial charge is 0.323 e. The molecule has 0 spiro atoms. The van der Waals surface area contributed by atoms with Gasteiger partial charge in [0.2, 0.25) is 0 Å². The molecule has 31 heavy (non-hydrogen) atoms. The Morgan fingerprint density at radius 1 is 1.13 bits per heavy atom. The number of likely N-dealkylation sites (tertiary alicyclic amines) is 1. The highest BCUT2D eigenvalue weighted by Gasteiger charge is 2.32. The van der Waals surface area contributed by atoms with E-state index in [4.69, 9.17) is 5.73 Å². The van der Waals surface area contributed by atoms with Crippen molar-refractivity contribution in [2.45, 2.75) is 24.9 Å². The summed E-state index contributed by atoms with van der Waals surface area (Å²) < 4.78 is 0.908. The Kier molecular flexibility index (Phi) is 6.58. The average molecular weight is 483 g/mol. The first-order chi connectivity index (χ1) is 15.0. The Hall–Kier alpha value is -2.84. The fourth-order valence-electron chi connectivity index (χ4n) is 4.19. The lowest BCUT2D eigenvalue weighted by Crippen LogP contribution is -2.51. The van der Waals surface area contributed by atoms with Gasteiger partial charge in [0.05, 0.1) is 10.8 Å². The maximum atomic E-state index is 12.4. The van der Waals surface area contributed by atoms with Gasteiger partial charge >= 0.3 is 6.03 Å².